The van der Waals surface area contributed by atoms with E-state index in [0.717, 1.165) is 17.0 Å². The van der Waals surface area contributed by atoms with Crippen LogP contribution in [0.2, 0.25) is 0 Å². The van der Waals surface area contributed by atoms with Crippen LogP contribution in [0.15, 0.2) is 12.4 Å². The number of ether oxygens (including phenoxy) is 1. The van der Waals surface area contributed by atoms with Gasteiger partial charge in [0, 0.05) is 51.3 Å². The highest BCUT2D eigenvalue weighted by atomic mass is 19.3. The van der Waals surface area contributed by atoms with Crippen LogP contribution in [-0.2, 0) is 11.8 Å². The van der Waals surface area contributed by atoms with Crippen LogP contribution in [0.3, 0.4) is 0 Å². The number of rotatable bonds is 3. The predicted molar refractivity (Wildman–Crippen MR) is 115 cm³/mol. The molecular weight excluding hydrogens is 418 g/mol. The molecule has 0 unspecified atom stereocenters. The standard InChI is InChI=1S/C21H26F2N8O/c1-13-14(2)26-18-17(25-13)19(30-6-4-21(22,23)5-7-30)28-20(27-18)31-8-9-32-16(12-31)15-10-24-29(3)11-15/h10-11,16H,4-9,12H2,1-3H3/t16-/m0/s1. The summed E-state index contributed by atoms with van der Waals surface area (Å²) in [7, 11) is 1.87. The minimum Gasteiger partial charge on any atom is -0.370 e. The zero-order valence-electron chi connectivity index (χ0n) is 18.4. The molecule has 11 heteroatoms. The summed E-state index contributed by atoms with van der Waals surface area (Å²) in [5, 5.41) is 4.24. The normalized spacial score (nSPS) is 21.3. The van der Waals surface area contributed by atoms with Gasteiger partial charge in [-0.2, -0.15) is 15.1 Å². The van der Waals surface area contributed by atoms with E-state index in [2.05, 4.69) is 20.0 Å². The number of aromatic nitrogens is 6. The van der Waals surface area contributed by atoms with Crippen molar-refractivity contribution in [2.45, 2.75) is 38.7 Å². The van der Waals surface area contributed by atoms with Crippen molar-refractivity contribution in [2.24, 2.45) is 7.05 Å². The van der Waals surface area contributed by atoms with E-state index >= 15 is 0 Å². The molecule has 5 heterocycles. The molecule has 0 saturated carbocycles. The molecule has 9 nitrogen and oxygen atoms in total. The van der Waals surface area contributed by atoms with E-state index in [9.17, 15) is 8.78 Å². The molecule has 2 aliphatic heterocycles. The Morgan fingerprint density at radius 1 is 1.00 bits per heavy atom. The van der Waals surface area contributed by atoms with Crippen LogP contribution in [0.5, 0.6) is 0 Å². The highest BCUT2D eigenvalue weighted by Crippen LogP contribution is 2.33. The average Bonchev–Trinajstić information content (AvgIpc) is 3.21. The third-order valence-electron chi connectivity index (χ3n) is 6.15. The van der Waals surface area contributed by atoms with Gasteiger partial charge in [0.15, 0.2) is 17.0 Å². The van der Waals surface area contributed by atoms with Crippen LogP contribution in [0, 0.1) is 13.8 Å². The Bertz CT molecular complexity index is 1140. The van der Waals surface area contributed by atoms with Gasteiger partial charge in [0.1, 0.15) is 6.10 Å². The Morgan fingerprint density at radius 2 is 1.75 bits per heavy atom. The number of halogens is 2. The Kier molecular flexibility index (Phi) is 5.15. The third kappa shape index (κ3) is 3.96. The molecule has 3 aromatic heterocycles. The van der Waals surface area contributed by atoms with Gasteiger partial charge in [-0.1, -0.05) is 0 Å². The second-order valence-corrected chi connectivity index (χ2v) is 8.51. The van der Waals surface area contributed by atoms with Crippen molar-refractivity contribution in [3.63, 3.8) is 0 Å². The van der Waals surface area contributed by atoms with Crippen molar-refractivity contribution in [3.05, 3.63) is 29.3 Å². The van der Waals surface area contributed by atoms with Crippen molar-refractivity contribution in [1.29, 1.82) is 0 Å². The maximum atomic E-state index is 13.8. The largest absolute Gasteiger partial charge is 0.370 e. The van der Waals surface area contributed by atoms with Crippen molar-refractivity contribution in [1.82, 2.24) is 29.7 Å². The molecule has 32 heavy (non-hydrogen) atoms. The van der Waals surface area contributed by atoms with Crippen LogP contribution in [0.4, 0.5) is 20.5 Å². The highest BCUT2D eigenvalue weighted by molar-refractivity contribution is 5.84. The summed E-state index contributed by atoms with van der Waals surface area (Å²) in [6.07, 6.45) is 3.18. The summed E-state index contributed by atoms with van der Waals surface area (Å²) in [6.45, 7) is 5.90. The van der Waals surface area contributed by atoms with Gasteiger partial charge in [0.25, 0.3) is 5.92 Å². The summed E-state index contributed by atoms with van der Waals surface area (Å²) in [6, 6.07) is 0. The summed E-state index contributed by atoms with van der Waals surface area (Å²) in [4.78, 5) is 22.8. The maximum Gasteiger partial charge on any atom is 0.251 e. The van der Waals surface area contributed by atoms with Crippen LogP contribution in [0.25, 0.3) is 11.2 Å². The van der Waals surface area contributed by atoms with Crippen LogP contribution in [0.1, 0.15) is 35.9 Å². The number of morpholine rings is 1. The van der Waals surface area contributed by atoms with Crippen molar-refractivity contribution in [3.8, 4) is 0 Å². The lowest BCUT2D eigenvalue weighted by Crippen LogP contribution is -2.41. The monoisotopic (exact) mass is 444 g/mol. The fraction of sp³-hybridized carbons (Fsp3) is 0.571. The first kappa shape index (κ1) is 20.9. The Morgan fingerprint density at radius 3 is 2.47 bits per heavy atom. The molecule has 0 radical (unpaired) electrons. The smallest absolute Gasteiger partial charge is 0.251 e. The summed E-state index contributed by atoms with van der Waals surface area (Å²) >= 11 is 0. The van der Waals surface area contributed by atoms with Gasteiger partial charge in [-0.05, 0) is 13.8 Å². The third-order valence-corrected chi connectivity index (χ3v) is 6.15. The Balaban J connectivity index is 1.52. The molecule has 0 aliphatic carbocycles. The second-order valence-electron chi connectivity index (χ2n) is 8.51. The van der Waals surface area contributed by atoms with Crippen molar-refractivity contribution >= 4 is 22.9 Å². The van der Waals surface area contributed by atoms with Crippen molar-refractivity contribution in [2.75, 3.05) is 42.6 Å². The number of anilines is 2. The lowest BCUT2D eigenvalue weighted by Gasteiger charge is -2.35. The molecule has 0 bridgehead atoms. The van der Waals surface area contributed by atoms with Crippen LogP contribution in [-0.4, -0.2) is 68.4 Å². The van der Waals surface area contributed by atoms with E-state index in [0.29, 0.717) is 42.6 Å². The van der Waals surface area contributed by atoms with Crippen LogP contribution >= 0.6 is 0 Å². The fourth-order valence-electron chi connectivity index (χ4n) is 4.13. The number of hydrogen-bond acceptors (Lipinski definition) is 8. The van der Waals surface area contributed by atoms with Gasteiger partial charge in [-0.15, -0.1) is 0 Å². The summed E-state index contributed by atoms with van der Waals surface area (Å²) in [5.41, 5.74) is 3.59. The first-order chi connectivity index (χ1) is 15.3. The quantitative estimate of drug-likeness (QED) is 0.610. The number of piperidine rings is 1. The van der Waals surface area contributed by atoms with Gasteiger partial charge in [0.05, 0.1) is 30.7 Å². The lowest BCUT2D eigenvalue weighted by atomic mass is 10.1. The lowest BCUT2D eigenvalue weighted by molar-refractivity contribution is -0.0221. The predicted octanol–water partition coefficient (Wildman–Crippen LogP) is 2.58. The first-order valence-electron chi connectivity index (χ1n) is 10.8. The van der Waals surface area contributed by atoms with Gasteiger partial charge in [-0.3, -0.25) is 4.68 Å². The Labute approximate surface area is 184 Å². The van der Waals surface area contributed by atoms with Crippen LogP contribution < -0.4 is 9.80 Å². The number of fused-ring (bicyclic) bond motifs is 1. The molecule has 1 atom stereocenters. The molecule has 0 amide bonds. The summed E-state index contributed by atoms with van der Waals surface area (Å²) in [5.74, 6) is -1.55. The fourth-order valence-corrected chi connectivity index (χ4v) is 4.13. The maximum absolute atomic E-state index is 13.8. The van der Waals surface area contributed by atoms with Crippen molar-refractivity contribution < 1.29 is 13.5 Å². The molecular formula is C21H26F2N8O. The number of hydrogen-bond donors (Lipinski definition) is 0. The van der Waals surface area contributed by atoms with Gasteiger partial charge in [0.2, 0.25) is 5.95 Å². The molecule has 3 aromatic rings. The topological polar surface area (TPSA) is 85.1 Å². The molecule has 0 spiro atoms. The van der Waals surface area contributed by atoms with E-state index in [1.807, 2.05) is 32.0 Å². The molecule has 5 rings (SSSR count). The molecule has 2 fully saturated rings. The van der Waals surface area contributed by atoms with E-state index in [1.165, 1.54) is 0 Å². The first-order valence-corrected chi connectivity index (χ1v) is 10.8. The van der Waals surface area contributed by atoms with E-state index in [4.69, 9.17) is 14.7 Å². The molecule has 0 aromatic carbocycles. The SMILES string of the molecule is Cc1nc2nc(N3CCO[C@H](c4cnn(C)c4)C3)nc(N3CCC(F)(F)CC3)c2nc1C. The number of aryl methyl sites for hydroxylation is 3. The van der Waals surface area contributed by atoms with Gasteiger partial charge in [-0.25, -0.2) is 18.7 Å². The number of alkyl halides is 2. The molecule has 170 valence electrons. The zero-order chi connectivity index (χ0) is 22.5. The minimum absolute atomic E-state index is 0.153. The van der Waals surface area contributed by atoms with E-state index in [-0.39, 0.29) is 32.0 Å². The second kappa shape index (κ2) is 7.88. The van der Waals surface area contributed by atoms with Gasteiger partial charge < -0.3 is 14.5 Å². The molecule has 2 saturated heterocycles. The van der Waals surface area contributed by atoms with E-state index in [1.54, 1.807) is 10.9 Å². The Hall–Kier alpha value is -2.95. The van der Waals surface area contributed by atoms with E-state index < -0.39 is 5.92 Å². The molecule has 2 aliphatic rings. The molecule has 0 N–H and O–H groups in total. The average molecular weight is 444 g/mol. The summed E-state index contributed by atoms with van der Waals surface area (Å²) < 4.78 is 35.3. The minimum atomic E-state index is -2.64. The highest BCUT2D eigenvalue weighted by Gasteiger charge is 2.36. The van der Waals surface area contributed by atoms with Gasteiger partial charge >= 0.3 is 0 Å². The number of nitrogens with zero attached hydrogens (tertiary/aromatic N) is 8. The zero-order valence-corrected chi connectivity index (χ0v) is 18.4.